The summed E-state index contributed by atoms with van der Waals surface area (Å²) in [6.45, 7) is 1.99. The van der Waals surface area contributed by atoms with Crippen molar-refractivity contribution in [1.82, 2.24) is 14.9 Å². The Labute approximate surface area is 137 Å². The van der Waals surface area contributed by atoms with Gasteiger partial charge in [-0.25, -0.2) is 9.78 Å². The van der Waals surface area contributed by atoms with Gasteiger partial charge in [0.15, 0.2) is 0 Å². The fraction of sp³-hybridized carbons (Fsp3) is 0.235. The molecule has 0 bridgehead atoms. The van der Waals surface area contributed by atoms with Gasteiger partial charge in [-0.2, -0.15) is 0 Å². The van der Waals surface area contributed by atoms with E-state index in [0.717, 1.165) is 42.3 Å². The summed E-state index contributed by atoms with van der Waals surface area (Å²) in [4.78, 5) is 23.6. The van der Waals surface area contributed by atoms with Gasteiger partial charge in [0.25, 0.3) is 0 Å². The third-order valence-electron chi connectivity index (χ3n) is 4.13. The topological polar surface area (TPSA) is 66.3 Å². The minimum atomic E-state index is -0.960. The monoisotopic (exact) mass is 325 g/mol. The van der Waals surface area contributed by atoms with Gasteiger partial charge >= 0.3 is 5.97 Å². The maximum Gasteiger partial charge on any atom is 0.337 e. The Morgan fingerprint density at radius 2 is 2.09 bits per heavy atom. The number of carboxylic acids is 1. The average Bonchev–Trinajstić information content (AvgIpc) is 2.82. The molecule has 2 aromatic rings. The standard InChI is InChI=1S/C17H15N3O2S/c21-17(22)11-4-5-14(18-10-11)16-19-13-6-8-20(12-2-1-3-12)9-7-15(13)23-16/h1-5,10H,6-9H2,(H,21,22). The molecule has 0 spiro atoms. The first-order chi connectivity index (χ1) is 11.2. The van der Waals surface area contributed by atoms with Gasteiger partial charge in [-0.05, 0) is 24.3 Å². The van der Waals surface area contributed by atoms with Crippen LogP contribution < -0.4 is 0 Å². The molecule has 2 aliphatic rings. The van der Waals surface area contributed by atoms with Crippen LogP contribution in [0.4, 0.5) is 0 Å². The van der Waals surface area contributed by atoms with E-state index < -0.39 is 5.97 Å². The predicted octanol–water partition coefficient (Wildman–Crippen LogP) is 2.76. The molecule has 6 heteroatoms. The van der Waals surface area contributed by atoms with Crippen LogP contribution in [0.3, 0.4) is 0 Å². The molecular formula is C17H15N3O2S. The van der Waals surface area contributed by atoms with Crippen LogP contribution in [0.15, 0.2) is 42.3 Å². The van der Waals surface area contributed by atoms with Crippen molar-refractivity contribution in [2.75, 3.05) is 13.1 Å². The van der Waals surface area contributed by atoms with Crippen LogP contribution in [0.25, 0.3) is 10.7 Å². The molecule has 0 amide bonds. The molecule has 116 valence electrons. The fourth-order valence-corrected chi connectivity index (χ4v) is 3.84. The number of rotatable bonds is 3. The summed E-state index contributed by atoms with van der Waals surface area (Å²) in [6, 6.07) is 3.31. The lowest BCUT2D eigenvalue weighted by molar-refractivity contribution is 0.0696. The van der Waals surface area contributed by atoms with Crippen LogP contribution in [0.2, 0.25) is 0 Å². The Morgan fingerprint density at radius 3 is 2.74 bits per heavy atom. The number of hydrogen-bond acceptors (Lipinski definition) is 5. The Hall–Kier alpha value is -2.47. The second-order valence-corrected chi connectivity index (χ2v) is 6.65. The molecular weight excluding hydrogens is 310 g/mol. The van der Waals surface area contributed by atoms with Crippen LogP contribution in [0.1, 0.15) is 20.9 Å². The molecule has 0 saturated heterocycles. The van der Waals surface area contributed by atoms with Gasteiger partial charge in [-0.3, -0.25) is 4.98 Å². The molecule has 1 aliphatic carbocycles. The number of nitrogens with zero attached hydrogens (tertiary/aromatic N) is 3. The molecule has 0 fully saturated rings. The number of fused-ring (bicyclic) bond motifs is 1. The van der Waals surface area contributed by atoms with Gasteiger partial charge in [-0.15, -0.1) is 11.3 Å². The van der Waals surface area contributed by atoms with Crippen LogP contribution in [0.5, 0.6) is 0 Å². The number of allylic oxidation sites excluding steroid dienone is 3. The van der Waals surface area contributed by atoms with E-state index in [4.69, 9.17) is 10.1 Å². The number of pyridine rings is 1. The highest BCUT2D eigenvalue weighted by Crippen LogP contribution is 2.30. The predicted molar refractivity (Wildman–Crippen MR) is 88.5 cm³/mol. The van der Waals surface area contributed by atoms with E-state index in [1.807, 2.05) is 0 Å². The molecule has 23 heavy (non-hydrogen) atoms. The smallest absolute Gasteiger partial charge is 0.337 e. The van der Waals surface area contributed by atoms with Crippen molar-refractivity contribution < 1.29 is 9.90 Å². The summed E-state index contributed by atoms with van der Waals surface area (Å²) < 4.78 is 0. The van der Waals surface area contributed by atoms with E-state index in [2.05, 4.69) is 28.1 Å². The highest BCUT2D eigenvalue weighted by atomic mass is 32.1. The number of aromatic carboxylic acids is 1. The summed E-state index contributed by atoms with van der Waals surface area (Å²) in [5, 5.41) is 9.82. The van der Waals surface area contributed by atoms with Gasteiger partial charge < -0.3 is 10.0 Å². The van der Waals surface area contributed by atoms with E-state index in [1.54, 1.807) is 23.5 Å². The highest BCUT2D eigenvalue weighted by molar-refractivity contribution is 7.15. The van der Waals surface area contributed by atoms with Crippen LogP contribution in [-0.2, 0) is 12.8 Å². The highest BCUT2D eigenvalue weighted by Gasteiger charge is 2.20. The van der Waals surface area contributed by atoms with Crippen molar-refractivity contribution in [2.24, 2.45) is 0 Å². The third-order valence-corrected chi connectivity index (χ3v) is 5.31. The number of carbonyl (C=O) groups is 1. The lowest BCUT2D eigenvalue weighted by atomic mass is 10.2. The fourth-order valence-electron chi connectivity index (χ4n) is 2.77. The zero-order chi connectivity index (χ0) is 15.8. The molecule has 2 aromatic heterocycles. The normalized spacial score (nSPS) is 16.3. The van der Waals surface area contributed by atoms with Crippen molar-refractivity contribution in [3.63, 3.8) is 0 Å². The molecule has 4 rings (SSSR count). The maximum atomic E-state index is 10.9. The Kier molecular flexibility index (Phi) is 3.46. The molecule has 0 atom stereocenters. The second kappa shape index (κ2) is 5.62. The van der Waals surface area contributed by atoms with Crippen LogP contribution in [0, 0.1) is 0 Å². The number of carboxylic acid groups (broad SMARTS) is 1. The Morgan fingerprint density at radius 1 is 1.26 bits per heavy atom. The Bertz CT molecular complexity index is 795. The zero-order valence-electron chi connectivity index (χ0n) is 12.4. The summed E-state index contributed by atoms with van der Waals surface area (Å²) in [5.74, 6) is -0.960. The maximum absolute atomic E-state index is 10.9. The average molecular weight is 325 g/mol. The SMILES string of the molecule is O=C(O)c1ccc(-c2nc3c(s2)CCN(C2=CC=C2)CC3)nc1. The van der Waals surface area contributed by atoms with Crippen LogP contribution >= 0.6 is 11.3 Å². The van der Waals surface area contributed by atoms with E-state index >= 15 is 0 Å². The summed E-state index contributed by atoms with van der Waals surface area (Å²) >= 11 is 1.67. The molecule has 5 nitrogen and oxygen atoms in total. The van der Waals surface area contributed by atoms with E-state index in [1.165, 1.54) is 16.8 Å². The molecule has 3 heterocycles. The molecule has 0 unspecified atom stereocenters. The van der Waals surface area contributed by atoms with E-state index in [9.17, 15) is 4.79 Å². The molecule has 0 aromatic carbocycles. The summed E-state index contributed by atoms with van der Waals surface area (Å²) in [6.07, 6.45) is 9.67. The first-order valence-corrected chi connectivity index (χ1v) is 8.34. The van der Waals surface area contributed by atoms with Crippen LogP contribution in [-0.4, -0.2) is 39.0 Å². The van der Waals surface area contributed by atoms with Gasteiger partial charge in [0, 0.05) is 42.7 Å². The van der Waals surface area contributed by atoms with E-state index in [-0.39, 0.29) is 5.56 Å². The Balaban J connectivity index is 1.54. The largest absolute Gasteiger partial charge is 0.478 e. The van der Waals surface area contributed by atoms with Crippen molar-refractivity contribution in [3.8, 4) is 10.7 Å². The minimum absolute atomic E-state index is 0.198. The first kappa shape index (κ1) is 14.1. The summed E-state index contributed by atoms with van der Waals surface area (Å²) in [5.41, 5.74) is 3.41. The van der Waals surface area contributed by atoms with Gasteiger partial charge in [0.1, 0.15) is 5.01 Å². The third kappa shape index (κ3) is 2.66. The van der Waals surface area contributed by atoms with Crippen molar-refractivity contribution in [3.05, 3.63) is 58.4 Å². The summed E-state index contributed by atoms with van der Waals surface area (Å²) in [7, 11) is 0. The van der Waals surface area contributed by atoms with Gasteiger partial charge in [0.2, 0.25) is 0 Å². The molecule has 1 aliphatic heterocycles. The zero-order valence-corrected chi connectivity index (χ0v) is 13.2. The lowest BCUT2D eigenvalue weighted by Gasteiger charge is -2.26. The quantitative estimate of drug-likeness (QED) is 0.940. The molecule has 1 N–H and O–H groups in total. The molecule has 0 radical (unpaired) electrons. The van der Waals surface area contributed by atoms with Gasteiger partial charge in [-0.1, -0.05) is 6.08 Å². The second-order valence-electron chi connectivity index (χ2n) is 5.56. The number of thiazole rings is 1. The molecule has 0 saturated carbocycles. The van der Waals surface area contributed by atoms with Crippen molar-refractivity contribution >= 4 is 17.3 Å². The van der Waals surface area contributed by atoms with Crippen molar-refractivity contribution in [1.29, 1.82) is 0 Å². The first-order valence-electron chi connectivity index (χ1n) is 7.52. The lowest BCUT2D eigenvalue weighted by Crippen LogP contribution is -2.26. The van der Waals surface area contributed by atoms with Gasteiger partial charge in [0.05, 0.1) is 17.0 Å². The number of aromatic nitrogens is 2. The van der Waals surface area contributed by atoms with Crippen molar-refractivity contribution in [2.45, 2.75) is 12.8 Å². The minimum Gasteiger partial charge on any atom is -0.478 e. The van der Waals surface area contributed by atoms with E-state index in [0.29, 0.717) is 0 Å². The number of hydrogen-bond donors (Lipinski definition) is 1.